The van der Waals surface area contributed by atoms with E-state index in [4.69, 9.17) is 0 Å². The van der Waals surface area contributed by atoms with Crippen molar-refractivity contribution in [3.05, 3.63) is 52.7 Å². The maximum atomic E-state index is 12.2. The monoisotopic (exact) mass is 324 g/mol. The average molecular weight is 324 g/mol. The van der Waals surface area contributed by atoms with Crippen LogP contribution in [0.15, 0.2) is 30.3 Å². The van der Waals surface area contributed by atoms with Gasteiger partial charge in [0.1, 0.15) is 5.82 Å². The number of aryl methyl sites for hydroxylation is 2. The molecule has 0 unspecified atom stereocenters. The lowest BCUT2D eigenvalue weighted by Gasteiger charge is -2.05. The van der Waals surface area contributed by atoms with E-state index >= 15 is 0 Å². The number of benzene rings is 1. The Morgan fingerprint density at radius 2 is 1.96 bits per heavy atom. The maximum Gasteiger partial charge on any atom is 0.251 e. The van der Waals surface area contributed by atoms with Crippen LogP contribution >= 0.6 is 0 Å². The minimum Gasteiger partial charge on any atom is -0.355 e. The number of nitrogens with one attached hydrogen (secondary N) is 2. The van der Waals surface area contributed by atoms with E-state index in [-0.39, 0.29) is 11.8 Å². The standard InChI is InChI=1S/C18H20N4O2/c1-19-18(24)13-9-6-12(7-10-13)8-11-16(23)20-17-14-4-3-5-15(14)21-22(17)2/h6-11H,3-5H2,1-2H3,(H,19,24)(H,20,23)/b11-8+. The minimum atomic E-state index is -0.192. The van der Waals surface area contributed by atoms with Gasteiger partial charge in [-0.2, -0.15) is 5.10 Å². The van der Waals surface area contributed by atoms with Gasteiger partial charge in [-0.25, -0.2) is 0 Å². The van der Waals surface area contributed by atoms with Crippen molar-refractivity contribution in [2.24, 2.45) is 7.05 Å². The number of nitrogens with zero attached hydrogens (tertiary/aromatic N) is 2. The summed E-state index contributed by atoms with van der Waals surface area (Å²) in [5.74, 6) is 0.462. The Labute approximate surface area is 140 Å². The van der Waals surface area contributed by atoms with Crippen LogP contribution in [0.25, 0.3) is 6.08 Å². The molecule has 6 nitrogen and oxygen atoms in total. The minimum absolute atomic E-state index is 0.131. The molecule has 124 valence electrons. The molecular formula is C18H20N4O2. The lowest BCUT2D eigenvalue weighted by atomic mass is 10.1. The first-order chi connectivity index (χ1) is 11.6. The van der Waals surface area contributed by atoms with Gasteiger partial charge in [0, 0.05) is 31.3 Å². The number of hydrogen-bond donors (Lipinski definition) is 2. The van der Waals surface area contributed by atoms with Gasteiger partial charge in [0.25, 0.3) is 5.91 Å². The first-order valence-corrected chi connectivity index (χ1v) is 7.94. The van der Waals surface area contributed by atoms with Crippen molar-refractivity contribution in [1.82, 2.24) is 15.1 Å². The molecule has 6 heteroatoms. The molecule has 1 aromatic heterocycles. The predicted molar refractivity (Wildman–Crippen MR) is 92.7 cm³/mol. The van der Waals surface area contributed by atoms with Gasteiger partial charge in [0.2, 0.25) is 5.91 Å². The highest BCUT2D eigenvalue weighted by molar-refractivity contribution is 6.02. The molecule has 0 atom stereocenters. The number of carbonyl (C=O) groups excluding carboxylic acids is 2. The fraction of sp³-hybridized carbons (Fsp3) is 0.278. The second-order valence-electron chi connectivity index (χ2n) is 5.77. The second-order valence-corrected chi connectivity index (χ2v) is 5.77. The lowest BCUT2D eigenvalue weighted by Crippen LogP contribution is -2.17. The zero-order valence-electron chi connectivity index (χ0n) is 13.8. The molecule has 1 aliphatic carbocycles. The smallest absolute Gasteiger partial charge is 0.251 e. The number of carbonyl (C=O) groups is 2. The third-order valence-electron chi connectivity index (χ3n) is 4.14. The number of hydrogen-bond acceptors (Lipinski definition) is 3. The van der Waals surface area contributed by atoms with E-state index in [0.29, 0.717) is 5.56 Å². The van der Waals surface area contributed by atoms with Crippen LogP contribution in [0.2, 0.25) is 0 Å². The molecule has 24 heavy (non-hydrogen) atoms. The molecule has 0 spiro atoms. The number of rotatable bonds is 4. The van der Waals surface area contributed by atoms with Crippen molar-refractivity contribution < 1.29 is 9.59 Å². The third kappa shape index (κ3) is 3.22. The zero-order chi connectivity index (χ0) is 17.1. The molecule has 0 saturated heterocycles. The van der Waals surface area contributed by atoms with Crippen molar-refractivity contribution in [3.63, 3.8) is 0 Å². The first kappa shape index (κ1) is 16.0. The summed E-state index contributed by atoms with van der Waals surface area (Å²) in [7, 11) is 3.44. The molecule has 0 aliphatic heterocycles. The van der Waals surface area contributed by atoms with Crippen molar-refractivity contribution >= 4 is 23.7 Å². The maximum absolute atomic E-state index is 12.2. The zero-order valence-corrected chi connectivity index (χ0v) is 13.8. The average Bonchev–Trinajstić information content (AvgIpc) is 3.15. The highest BCUT2D eigenvalue weighted by Gasteiger charge is 2.21. The largest absolute Gasteiger partial charge is 0.355 e. The Morgan fingerprint density at radius 3 is 2.67 bits per heavy atom. The van der Waals surface area contributed by atoms with Crippen molar-refractivity contribution in [2.75, 3.05) is 12.4 Å². The summed E-state index contributed by atoms with van der Waals surface area (Å²) in [6, 6.07) is 7.06. The van der Waals surface area contributed by atoms with E-state index < -0.39 is 0 Å². The number of amides is 2. The van der Waals surface area contributed by atoms with Gasteiger partial charge in [-0.3, -0.25) is 14.3 Å². The Morgan fingerprint density at radius 1 is 1.21 bits per heavy atom. The number of fused-ring (bicyclic) bond motifs is 1. The molecule has 1 heterocycles. The number of aromatic nitrogens is 2. The topological polar surface area (TPSA) is 76.0 Å². The van der Waals surface area contributed by atoms with Crippen LogP contribution in [0.4, 0.5) is 5.82 Å². The lowest BCUT2D eigenvalue weighted by molar-refractivity contribution is -0.111. The van der Waals surface area contributed by atoms with Crippen molar-refractivity contribution in [3.8, 4) is 0 Å². The number of anilines is 1. The van der Waals surface area contributed by atoms with Gasteiger partial charge < -0.3 is 10.6 Å². The SMILES string of the molecule is CNC(=O)c1ccc(/C=C/C(=O)Nc2c3c(nn2C)CCC3)cc1. The van der Waals surface area contributed by atoms with Crippen LogP contribution in [0.1, 0.15) is 33.6 Å². The quantitative estimate of drug-likeness (QED) is 0.844. The molecular weight excluding hydrogens is 304 g/mol. The molecule has 2 N–H and O–H groups in total. The second kappa shape index (κ2) is 6.70. The van der Waals surface area contributed by atoms with E-state index in [0.717, 1.165) is 41.9 Å². The normalized spacial score (nSPS) is 13.1. The molecule has 1 aliphatic rings. The molecule has 2 aromatic rings. The van der Waals surface area contributed by atoms with Gasteiger partial charge in [0.15, 0.2) is 0 Å². The summed E-state index contributed by atoms with van der Waals surface area (Å²) in [5, 5.41) is 9.92. The van der Waals surface area contributed by atoms with Gasteiger partial charge in [0.05, 0.1) is 5.69 Å². The molecule has 1 aromatic carbocycles. The molecule has 0 bridgehead atoms. The summed E-state index contributed by atoms with van der Waals surface area (Å²) >= 11 is 0. The van der Waals surface area contributed by atoms with Gasteiger partial charge >= 0.3 is 0 Å². The predicted octanol–water partition coefficient (Wildman–Crippen LogP) is 1.92. The van der Waals surface area contributed by atoms with Crippen LogP contribution in [0, 0.1) is 0 Å². The van der Waals surface area contributed by atoms with Crippen LogP contribution < -0.4 is 10.6 Å². The van der Waals surface area contributed by atoms with Crippen LogP contribution in [-0.4, -0.2) is 28.6 Å². The third-order valence-corrected chi connectivity index (χ3v) is 4.14. The van der Waals surface area contributed by atoms with Gasteiger partial charge in [-0.1, -0.05) is 12.1 Å². The molecule has 3 rings (SSSR count). The summed E-state index contributed by atoms with van der Waals surface area (Å²) in [5.41, 5.74) is 3.67. The van der Waals surface area contributed by atoms with Gasteiger partial charge in [-0.05, 0) is 43.0 Å². The van der Waals surface area contributed by atoms with Crippen molar-refractivity contribution in [2.45, 2.75) is 19.3 Å². The Balaban J connectivity index is 1.67. The summed E-state index contributed by atoms with van der Waals surface area (Å²) in [6.07, 6.45) is 6.24. The van der Waals surface area contributed by atoms with E-state index in [1.165, 1.54) is 6.08 Å². The van der Waals surface area contributed by atoms with Crippen LogP contribution in [-0.2, 0) is 24.7 Å². The highest BCUT2D eigenvalue weighted by atomic mass is 16.2. The van der Waals surface area contributed by atoms with E-state index in [1.54, 1.807) is 42.1 Å². The van der Waals surface area contributed by atoms with E-state index in [1.807, 2.05) is 7.05 Å². The Kier molecular flexibility index (Phi) is 4.46. The van der Waals surface area contributed by atoms with Crippen LogP contribution in [0.3, 0.4) is 0 Å². The summed E-state index contributed by atoms with van der Waals surface area (Å²) < 4.78 is 1.73. The molecule has 0 saturated carbocycles. The highest BCUT2D eigenvalue weighted by Crippen LogP contribution is 2.27. The van der Waals surface area contributed by atoms with E-state index in [9.17, 15) is 9.59 Å². The summed E-state index contributed by atoms with van der Waals surface area (Å²) in [4.78, 5) is 23.6. The Bertz CT molecular complexity index is 803. The van der Waals surface area contributed by atoms with Crippen molar-refractivity contribution in [1.29, 1.82) is 0 Å². The molecule has 0 fully saturated rings. The fourth-order valence-electron chi connectivity index (χ4n) is 2.90. The van der Waals surface area contributed by atoms with Gasteiger partial charge in [-0.15, -0.1) is 0 Å². The molecule has 0 radical (unpaired) electrons. The Hall–Kier alpha value is -2.89. The first-order valence-electron chi connectivity index (χ1n) is 7.94. The fourth-order valence-corrected chi connectivity index (χ4v) is 2.90. The van der Waals surface area contributed by atoms with Crippen LogP contribution in [0.5, 0.6) is 0 Å². The summed E-state index contributed by atoms with van der Waals surface area (Å²) in [6.45, 7) is 0. The molecule has 2 amide bonds. The van der Waals surface area contributed by atoms with E-state index in [2.05, 4.69) is 15.7 Å².